The first kappa shape index (κ1) is 34.1. The lowest BCUT2D eigenvalue weighted by atomic mass is 9.86. The number of para-hydroxylation sites is 1. The summed E-state index contributed by atoms with van der Waals surface area (Å²) in [7, 11) is -2.95. The highest BCUT2D eigenvalue weighted by atomic mass is 28.4. The average molecular weight is 693 g/mol. The fraction of sp³-hybridized carbons (Fsp3) is 0.293. The predicted molar refractivity (Wildman–Crippen MR) is 195 cm³/mol. The lowest BCUT2D eigenvalue weighted by Crippen LogP contribution is -2.67. The van der Waals surface area contributed by atoms with Crippen molar-refractivity contribution < 1.29 is 27.8 Å². The van der Waals surface area contributed by atoms with E-state index in [9.17, 15) is 4.79 Å². The van der Waals surface area contributed by atoms with Crippen molar-refractivity contribution in [3.8, 4) is 0 Å². The molecular formula is C41H42F2N2O4Si. The van der Waals surface area contributed by atoms with Crippen molar-refractivity contribution in [2.24, 2.45) is 0 Å². The lowest BCUT2D eigenvalue weighted by molar-refractivity contribution is -0.131. The molecule has 0 amide bonds. The van der Waals surface area contributed by atoms with Crippen LogP contribution in [0.25, 0.3) is 17.0 Å². The highest BCUT2D eigenvalue weighted by molar-refractivity contribution is 6.99. The van der Waals surface area contributed by atoms with E-state index in [1.165, 1.54) is 18.2 Å². The maximum Gasteiger partial charge on any atom is 0.328 e. The molecule has 2 aliphatic heterocycles. The predicted octanol–water partition coefficient (Wildman–Crippen LogP) is 7.23. The molecule has 4 aromatic carbocycles. The van der Waals surface area contributed by atoms with Crippen LogP contribution in [0.1, 0.15) is 55.6 Å². The smallest absolute Gasteiger partial charge is 0.328 e. The monoisotopic (exact) mass is 692 g/mol. The number of halogens is 2. The summed E-state index contributed by atoms with van der Waals surface area (Å²) in [6.07, 6.45) is 3.42. The quantitative estimate of drug-likeness (QED) is 0.126. The molecule has 1 saturated heterocycles. The number of hydrogen-bond donors (Lipinski definition) is 2. The van der Waals surface area contributed by atoms with E-state index in [1.807, 2.05) is 30.3 Å². The number of aromatic amines is 1. The van der Waals surface area contributed by atoms with Crippen LogP contribution < -0.4 is 10.4 Å². The number of fused-ring (bicyclic) bond motifs is 3. The molecule has 1 fully saturated rings. The zero-order valence-electron chi connectivity index (χ0n) is 28.5. The van der Waals surface area contributed by atoms with Gasteiger partial charge in [-0.25, -0.2) is 13.6 Å². The van der Waals surface area contributed by atoms with Gasteiger partial charge in [0.25, 0.3) is 8.32 Å². The van der Waals surface area contributed by atoms with E-state index < -0.39 is 32.0 Å². The Balaban J connectivity index is 1.40. The van der Waals surface area contributed by atoms with E-state index in [-0.39, 0.29) is 28.2 Å². The summed E-state index contributed by atoms with van der Waals surface area (Å²) < 4.78 is 46.3. The highest BCUT2D eigenvalue weighted by Crippen LogP contribution is 2.45. The van der Waals surface area contributed by atoms with E-state index in [4.69, 9.17) is 14.3 Å². The maximum atomic E-state index is 16.4. The average Bonchev–Trinajstić information content (AvgIpc) is 3.76. The van der Waals surface area contributed by atoms with Gasteiger partial charge in [-0.15, -0.1) is 0 Å². The van der Waals surface area contributed by atoms with E-state index in [0.717, 1.165) is 38.6 Å². The van der Waals surface area contributed by atoms with Gasteiger partial charge in [0.05, 0.1) is 19.3 Å². The van der Waals surface area contributed by atoms with E-state index in [2.05, 4.69) is 85.3 Å². The molecule has 6 nitrogen and oxygen atoms in total. The van der Waals surface area contributed by atoms with Crippen LogP contribution in [0.2, 0.25) is 5.04 Å². The Morgan fingerprint density at radius 1 is 0.980 bits per heavy atom. The maximum absolute atomic E-state index is 16.4. The van der Waals surface area contributed by atoms with Gasteiger partial charge in [0.15, 0.2) is 0 Å². The number of benzene rings is 4. The molecule has 50 heavy (non-hydrogen) atoms. The molecule has 0 radical (unpaired) electrons. The fourth-order valence-corrected chi connectivity index (χ4v) is 12.8. The van der Waals surface area contributed by atoms with Crippen LogP contribution in [0.3, 0.4) is 0 Å². The summed E-state index contributed by atoms with van der Waals surface area (Å²) in [5.74, 6) is -2.66. The minimum Gasteiger partial charge on any atom is -0.478 e. The van der Waals surface area contributed by atoms with Crippen LogP contribution >= 0.6 is 0 Å². The molecule has 0 aliphatic carbocycles. The van der Waals surface area contributed by atoms with Crippen molar-refractivity contribution in [3.63, 3.8) is 0 Å². The van der Waals surface area contributed by atoms with Crippen molar-refractivity contribution in [1.82, 2.24) is 9.88 Å². The molecule has 1 unspecified atom stereocenters. The first-order chi connectivity index (χ1) is 24.1. The normalized spacial score (nSPS) is 20.1. The Kier molecular flexibility index (Phi) is 9.34. The topological polar surface area (TPSA) is 74.8 Å². The number of nitrogens with one attached hydrogen (secondary N) is 1. The summed E-state index contributed by atoms with van der Waals surface area (Å²) in [5.41, 5.74) is 2.74. The highest BCUT2D eigenvalue weighted by Gasteiger charge is 2.52. The second-order valence-corrected chi connectivity index (χ2v) is 18.6. The number of hydrogen-bond acceptors (Lipinski definition) is 4. The van der Waals surface area contributed by atoms with E-state index >= 15 is 8.78 Å². The number of aliphatic carboxylic acids is 1. The first-order valence-electron chi connectivity index (χ1n) is 17.2. The van der Waals surface area contributed by atoms with Gasteiger partial charge in [0, 0.05) is 46.9 Å². The van der Waals surface area contributed by atoms with Crippen molar-refractivity contribution in [3.05, 3.63) is 137 Å². The van der Waals surface area contributed by atoms with Crippen LogP contribution in [0, 0.1) is 11.6 Å². The summed E-state index contributed by atoms with van der Waals surface area (Å²) in [5, 5.41) is 12.2. The number of rotatable bonds is 9. The fourth-order valence-electron chi connectivity index (χ4n) is 8.19. The van der Waals surface area contributed by atoms with Crippen LogP contribution in [-0.2, 0) is 20.4 Å². The number of ether oxygens (including phenoxy) is 1. The molecule has 2 N–H and O–H groups in total. The number of carboxylic acids is 1. The summed E-state index contributed by atoms with van der Waals surface area (Å²) in [6, 6.07) is 30.2. The Hall–Kier alpha value is -4.41. The Bertz CT molecular complexity index is 1960. The standard InChI is InChI=1S/C41H42F2N2O4Si/c1-41(2,3)50(30-12-6-4-7-13-30,31-14-8-5-9-15-31)49-26-29-24-33-32-16-10-11-17-36(32)44-39(33)40(45(29)28-20-21-48-25-28)38-34(42)22-27(23-35(38)43)18-19-37(46)47/h4-19,22-23,28-29,40,44H,20-21,24-26H2,1-3H3,(H,46,47)/t28?,29-,40+/m0/s1. The van der Waals surface area contributed by atoms with Crippen LogP contribution in [0.5, 0.6) is 0 Å². The molecule has 5 aromatic rings. The number of carboxylic acid groups (broad SMARTS) is 1. The molecule has 2 aliphatic rings. The first-order valence-corrected chi connectivity index (χ1v) is 19.1. The van der Waals surface area contributed by atoms with Crippen molar-refractivity contribution in [1.29, 1.82) is 0 Å². The summed E-state index contributed by atoms with van der Waals surface area (Å²) in [4.78, 5) is 17.0. The van der Waals surface area contributed by atoms with Gasteiger partial charge in [0.2, 0.25) is 0 Å². The number of aromatic nitrogens is 1. The molecule has 1 aromatic heterocycles. The van der Waals surface area contributed by atoms with Crippen molar-refractivity contribution in [2.75, 3.05) is 19.8 Å². The van der Waals surface area contributed by atoms with Gasteiger partial charge in [0.1, 0.15) is 11.6 Å². The minimum atomic E-state index is -2.95. The molecule has 3 heterocycles. The van der Waals surface area contributed by atoms with E-state index in [1.54, 1.807) is 0 Å². The molecule has 0 saturated carbocycles. The van der Waals surface area contributed by atoms with Gasteiger partial charge in [-0.3, -0.25) is 4.90 Å². The largest absolute Gasteiger partial charge is 0.478 e. The van der Waals surface area contributed by atoms with Crippen molar-refractivity contribution in [2.45, 2.75) is 56.8 Å². The molecule has 0 spiro atoms. The van der Waals surface area contributed by atoms with Gasteiger partial charge in [-0.1, -0.05) is 99.6 Å². The number of carbonyl (C=O) groups is 1. The number of nitrogens with zero attached hydrogens (tertiary/aromatic N) is 1. The van der Waals surface area contributed by atoms with E-state index in [0.29, 0.717) is 32.7 Å². The molecule has 3 atom stereocenters. The third kappa shape index (κ3) is 6.13. The molecule has 7 rings (SSSR count). The van der Waals surface area contributed by atoms with Crippen LogP contribution in [0.15, 0.2) is 103 Å². The Morgan fingerprint density at radius 3 is 2.18 bits per heavy atom. The third-order valence-corrected chi connectivity index (χ3v) is 15.3. The van der Waals surface area contributed by atoms with Crippen LogP contribution in [0.4, 0.5) is 8.78 Å². The SMILES string of the molecule is CC(C)(C)[Si](OC[C@@H]1Cc2c([nH]c3ccccc23)[C@@H](c2c(F)cc(C=CC(=O)O)cc2F)N1C1CCOC1)(c1ccccc1)c1ccccc1. The Morgan fingerprint density at radius 2 is 1.60 bits per heavy atom. The summed E-state index contributed by atoms with van der Waals surface area (Å²) in [6.45, 7) is 8.06. The second-order valence-electron chi connectivity index (χ2n) is 14.3. The Labute approximate surface area is 292 Å². The second kappa shape index (κ2) is 13.7. The molecule has 9 heteroatoms. The minimum absolute atomic E-state index is 0.0765. The van der Waals surface area contributed by atoms with Gasteiger partial charge in [-0.2, -0.15) is 0 Å². The van der Waals surface area contributed by atoms with Crippen LogP contribution in [-0.4, -0.2) is 61.2 Å². The molecular weight excluding hydrogens is 651 g/mol. The van der Waals surface area contributed by atoms with Gasteiger partial charge in [-0.05, 0) is 63.7 Å². The zero-order valence-corrected chi connectivity index (χ0v) is 29.5. The molecule has 258 valence electrons. The third-order valence-electron chi connectivity index (χ3n) is 10.3. The molecule has 0 bridgehead atoms. The van der Waals surface area contributed by atoms with Gasteiger partial charge >= 0.3 is 5.97 Å². The zero-order chi connectivity index (χ0) is 35.0. The van der Waals surface area contributed by atoms with Gasteiger partial charge < -0.3 is 19.3 Å². The summed E-state index contributed by atoms with van der Waals surface area (Å²) >= 11 is 0. The number of H-pyrrole nitrogens is 1. The van der Waals surface area contributed by atoms with Crippen molar-refractivity contribution >= 4 is 41.6 Å². The lowest BCUT2D eigenvalue weighted by Gasteiger charge is -2.48.